The summed E-state index contributed by atoms with van der Waals surface area (Å²) in [5.74, 6) is -0.267. The first-order chi connectivity index (χ1) is 10.2. The van der Waals surface area contributed by atoms with Crippen molar-refractivity contribution in [3.05, 3.63) is 30.1 Å². The molecule has 0 saturated carbocycles. The predicted molar refractivity (Wildman–Crippen MR) is 86.9 cm³/mol. The average molecular weight is 293 g/mol. The Morgan fingerprint density at radius 2 is 1.43 bits per heavy atom. The SMILES string of the molecule is CCCCCCCCCCCC(=O)Nc1ccc(F)cc1. The van der Waals surface area contributed by atoms with Gasteiger partial charge in [-0.05, 0) is 30.7 Å². The molecule has 0 aliphatic carbocycles. The lowest BCUT2D eigenvalue weighted by atomic mass is 10.1. The van der Waals surface area contributed by atoms with Gasteiger partial charge in [0.05, 0.1) is 0 Å². The third-order valence-electron chi connectivity index (χ3n) is 3.64. The van der Waals surface area contributed by atoms with E-state index >= 15 is 0 Å². The van der Waals surface area contributed by atoms with Crippen LogP contribution in [0.15, 0.2) is 24.3 Å². The number of hydrogen-bond donors (Lipinski definition) is 1. The van der Waals surface area contributed by atoms with Crippen LogP contribution >= 0.6 is 0 Å². The normalized spacial score (nSPS) is 10.6. The van der Waals surface area contributed by atoms with Crippen LogP contribution in [0, 0.1) is 5.82 Å². The van der Waals surface area contributed by atoms with Crippen LogP contribution in [0.1, 0.15) is 71.1 Å². The van der Waals surface area contributed by atoms with E-state index in [4.69, 9.17) is 0 Å². The van der Waals surface area contributed by atoms with E-state index in [0.717, 1.165) is 12.8 Å². The van der Waals surface area contributed by atoms with E-state index < -0.39 is 0 Å². The van der Waals surface area contributed by atoms with Crippen molar-refractivity contribution < 1.29 is 9.18 Å². The smallest absolute Gasteiger partial charge is 0.224 e. The van der Waals surface area contributed by atoms with E-state index in [1.807, 2.05) is 0 Å². The van der Waals surface area contributed by atoms with Gasteiger partial charge in [0, 0.05) is 12.1 Å². The Morgan fingerprint density at radius 3 is 2.00 bits per heavy atom. The second-order valence-electron chi connectivity index (χ2n) is 5.63. The highest BCUT2D eigenvalue weighted by Crippen LogP contribution is 2.12. The molecular formula is C18H28FNO. The zero-order valence-corrected chi connectivity index (χ0v) is 13.2. The van der Waals surface area contributed by atoms with Gasteiger partial charge in [0.1, 0.15) is 5.82 Å². The van der Waals surface area contributed by atoms with Crippen LogP contribution in [-0.4, -0.2) is 5.91 Å². The van der Waals surface area contributed by atoms with E-state index in [1.165, 1.54) is 57.1 Å². The zero-order valence-electron chi connectivity index (χ0n) is 13.2. The fourth-order valence-corrected chi connectivity index (χ4v) is 2.35. The van der Waals surface area contributed by atoms with Gasteiger partial charge in [-0.1, -0.05) is 58.3 Å². The summed E-state index contributed by atoms with van der Waals surface area (Å²) in [6.07, 6.45) is 11.8. The van der Waals surface area contributed by atoms with Crippen LogP contribution < -0.4 is 5.32 Å². The molecule has 0 spiro atoms. The van der Waals surface area contributed by atoms with E-state index in [1.54, 1.807) is 12.1 Å². The summed E-state index contributed by atoms with van der Waals surface area (Å²) in [6.45, 7) is 2.23. The van der Waals surface area contributed by atoms with Gasteiger partial charge in [0.25, 0.3) is 0 Å². The molecule has 0 atom stereocenters. The zero-order chi connectivity index (χ0) is 15.3. The molecule has 0 radical (unpaired) electrons. The summed E-state index contributed by atoms with van der Waals surface area (Å²) < 4.78 is 12.7. The van der Waals surface area contributed by atoms with Crippen LogP contribution in [0.25, 0.3) is 0 Å². The number of benzene rings is 1. The predicted octanol–water partition coefficient (Wildman–Crippen LogP) is 5.69. The van der Waals surface area contributed by atoms with Gasteiger partial charge < -0.3 is 5.32 Å². The lowest BCUT2D eigenvalue weighted by Crippen LogP contribution is -2.10. The third kappa shape index (κ3) is 9.22. The van der Waals surface area contributed by atoms with E-state index in [0.29, 0.717) is 12.1 Å². The molecule has 0 heterocycles. The van der Waals surface area contributed by atoms with Crippen LogP contribution in [-0.2, 0) is 4.79 Å². The molecule has 1 rings (SSSR count). The Hall–Kier alpha value is -1.38. The Kier molecular flexibility index (Phi) is 9.51. The molecule has 1 amide bonds. The van der Waals surface area contributed by atoms with Crippen LogP contribution in [0.4, 0.5) is 10.1 Å². The number of nitrogens with one attached hydrogen (secondary N) is 1. The molecular weight excluding hydrogens is 265 g/mol. The highest BCUT2D eigenvalue weighted by Gasteiger charge is 2.02. The number of anilines is 1. The topological polar surface area (TPSA) is 29.1 Å². The molecule has 0 aliphatic rings. The van der Waals surface area contributed by atoms with Gasteiger partial charge >= 0.3 is 0 Å². The molecule has 21 heavy (non-hydrogen) atoms. The van der Waals surface area contributed by atoms with Crippen molar-refractivity contribution in [3.8, 4) is 0 Å². The summed E-state index contributed by atoms with van der Waals surface area (Å²) in [7, 11) is 0. The lowest BCUT2D eigenvalue weighted by molar-refractivity contribution is -0.116. The first-order valence-corrected chi connectivity index (χ1v) is 8.28. The van der Waals surface area contributed by atoms with Gasteiger partial charge in [-0.15, -0.1) is 0 Å². The van der Waals surface area contributed by atoms with Crippen molar-refractivity contribution in [2.45, 2.75) is 71.1 Å². The van der Waals surface area contributed by atoms with E-state index in [9.17, 15) is 9.18 Å². The van der Waals surface area contributed by atoms with Crippen molar-refractivity contribution >= 4 is 11.6 Å². The molecule has 0 unspecified atom stereocenters. The number of amides is 1. The molecule has 0 aliphatic heterocycles. The largest absolute Gasteiger partial charge is 0.326 e. The minimum atomic E-state index is -0.285. The number of unbranched alkanes of at least 4 members (excludes halogenated alkanes) is 8. The Morgan fingerprint density at radius 1 is 0.905 bits per heavy atom. The van der Waals surface area contributed by atoms with Crippen molar-refractivity contribution in [2.24, 2.45) is 0 Å². The molecule has 2 nitrogen and oxygen atoms in total. The summed E-state index contributed by atoms with van der Waals surface area (Å²) >= 11 is 0. The second-order valence-corrected chi connectivity index (χ2v) is 5.63. The molecule has 1 aromatic rings. The molecule has 118 valence electrons. The minimum absolute atomic E-state index is 0.0181. The summed E-state index contributed by atoms with van der Waals surface area (Å²) in [6, 6.07) is 5.88. The van der Waals surface area contributed by atoms with Crippen molar-refractivity contribution in [1.82, 2.24) is 0 Å². The highest BCUT2D eigenvalue weighted by molar-refractivity contribution is 5.90. The molecule has 0 bridgehead atoms. The fourth-order valence-electron chi connectivity index (χ4n) is 2.35. The van der Waals surface area contributed by atoms with Gasteiger partial charge in [0.15, 0.2) is 0 Å². The van der Waals surface area contributed by atoms with Crippen LogP contribution in [0.2, 0.25) is 0 Å². The summed E-state index contributed by atoms with van der Waals surface area (Å²) in [4.78, 5) is 11.7. The number of hydrogen-bond acceptors (Lipinski definition) is 1. The van der Waals surface area contributed by atoms with Crippen molar-refractivity contribution in [2.75, 3.05) is 5.32 Å². The second kappa shape index (κ2) is 11.3. The van der Waals surface area contributed by atoms with E-state index in [2.05, 4.69) is 12.2 Å². The Balaban J connectivity index is 1.97. The fraction of sp³-hybridized carbons (Fsp3) is 0.611. The van der Waals surface area contributed by atoms with Gasteiger partial charge in [-0.2, -0.15) is 0 Å². The summed E-state index contributed by atoms with van der Waals surface area (Å²) in [5, 5.41) is 2.79. The molecule has 0 fully saturated rings. The molecule has 1 aromatic carbocycles. The van der Waals surface area contributed by atoms with Crippen molar-refractivity contribution in [1.29, 1.82) is 0 Å². The monoisotopic (exact) mass is 293 g/mol. The lowest BCUT2D eigenvalue weighted by Gasteiger charge is -2.05. The van der Waals surface area contributed by atoms with Gasteiger partial charge in [-0.25, -0.2) is 4.39 Å². The number of rotatable bonds is 11. The van der Waals surface area contributed by atoms with Crippen LogP contribution in [0.3, 0.4) is 0 Å². The maximum atomic E-state index is 12.7. The van der Waals surface area contributed by atoms with Gasteiger partial charge in [0.2, 0.25) is 5.91 Å². The van der Waals surface area contributed by atoms with Crippen molar-refractivity contribution in [3.63, 3.8) is 0 Å². The number of halogens is 1. The maximum Gasteiger partial charge on any atom is 0.224 e. The minimum Gasteiger partial charge on any atom is -0.326 e. The first-order valence-electron chi connectivity index (χ1n) is 8.28. The maximum absolute atomic E-state index is 12.7. The van der Waals surface area contributed by atoms with Gasteiger partial charge in [-0.3, -0.25) is 4.79 Å². The van der Waals surface area contributed by atoms with E-state index in [-0.39, 0.29) is 11.7 Å². The third-order valence-corrected chi connectivity index (χ3v) is 3.64. The number of carbonyl (C=O) groups excluding carboxylic acids is 1. The Bertz CT molecular complexity index is 389. The molecule has 3 heteroatoms. The average Bonchev–Trinajstić information content (AvgIpc) is 2.48. The van der Waals surface area contributed by atoms with Crippen LogP contribution in [0.5, 0.6) is 0 Å². The quantitative estimate of drug-likeness (QED) is 0.522. The highest BCUT2D eigenvalue weighted by atomic mass is 19.1. The first kappa shape index (κ1) is 17.7. The summed E-state index contributed by atoms with van der Waals surface area (Å²) in [5.41, 5.74) is 0.664. The Labute approximate surface area is 128 Å². The number of carbonyl (C=O) groups is 1. The molecule has 1 N–H and O–H groups in total. The molecule has 0 aromatic heterocycles. The standard InChI is InChI=1S/C18H28FNO/c1-2-3-4-5-6-7-8-9-10-11-18(21)20-17-14-12-16(19)13-15-17/h12-15H,2-11H2,1H3,(H,20,21). The molecule has 0 saturated heterocycles.